The molecule has 0 saturated carbocycles. The average Bonchev–Trinajstić information content (AvgIpc) is 2.36. The first-order valence-corrected chi connectivity index (χ1v) is 8.09. The molecule has 20 heavy (non-hydrogen) atoms. The number of alkyl halides is 1. The molecule has 1 aromatic carbocycles. The molecule has 0 spiro atoms. The van der Waals surface area contributed by atoms with Crippen LogP contribution in [0.2, 0.25) is 0 Å². The summed E-state index contributed by atoms with van der Waals surface area (Å²) in [5.74, 6) is 0.179. The summed E-state index contributed by atoms with van der Waals surface area (Å²) in [6.07, 6.45) is 0.535. The van der Waals surface area contributed by atoms with E-state index in [1.165, 1.54) is 5.56 Å². The van der Waals surface area contributed by atoms with Crippen LogP contribution in [0.3, 0.4) is 0 Å². The predicted octanol–water partition coefficient (Wildman–Crippen LogP) is 2.94. The zero-order valence-corrected chi connectivity index (χ0v) is 13.9. The molecule has 1 aliphatic rings. The third-order valence-corrected chi connectivity index (χ3v) is 4.17. The molecule has 0 N–H and O–H groups in total. The first-order chi connectivity index (χ1) is 9.39. The summed E-state index contributed by atoms with van der Waals surface area (Å²) in [7, 11) is 0. The molecular formula is C16H22BrNO2. The zero-order chi connectivity index (χ0) is 14.8. The van der Waals surface area contributed by atoms with Crippen LogP contribution in [0, 0.1) is 6.92 Å². The van der Waals surface area contributed by atoms with Crippen molar-refractivity contribution in [2.45, 2.75) is 38.9 Å². The van der Waals surface area contributed by atoms with Crippen LogP contribution >= 0.6 is 15.9 Å². The number of hydrogen-bond donors (Lipinski definition) is 0. The van der Waals surface area contributed by atoms with E-state index in [4.69, 9.17) is 4.74 Å². The van der Waals surface area contributed by atoms with Crippen molar-refractivity contribution in [2.24, 2.45) is 0 Å². The Kier molecular flexibility index (Phi) is 4.86. The van der Waals surface area contributed by atoms with E-state index in [-0.39, 0.29) is 17.6 Å². The Morgan fingerprint density at radius 2 is 2.25 bits per heavy atom. The Hall–Kier alpha value is -0.870. The largest absolute Gasteiger partial charge is 0.368 e. The highest BCUT2D eigenvalue weighted by atomic mass is 79.9. The fourth-order valence-corrected chi connectivity index (χ4v) is 3.01. The van der Waals surface area contributed by atoms with Crippen LogP contribution < -0.4 is 0 Å². The molecule has 0 aliphatic carbocycles. The molecular weight excluding hydrogens is 318 g/mol. The minimum Gasteiger partial charge on any atom is -0.368 e. The van der Waals surface area contributed by atoms with Crippen molar-refractivity contribution >= 4 is 21.8 Å². The summed E-state index contributed by atoms with van der Waals surface area (Å²) in [4.78, 5) is 14.4. The maximum absolute atomic E-state index is 12.5. The maximum atomic E-state index is 12.5. The lowest BCUT2D eigenvalue weighted by Gasteiger charge is -2.42. The SMILES string of the molecule is Cc1cccc(CC(=O)N2CC(CBr)OC(C)(C)C2)c1. The van der Waals surface area contributed by atoms with Crippen LogP contribution in [0.25, 0.3) is 0 Å². The van der Waals surface area contributed by atoms with Crippen LogP contribution in [-0.4, -0.2) is 40.9 Å². The number of benzene rings is 1. The molecule has 1 aromatic rings. The van der Waals surface area contributed by atoms with Crippen LogP contribution in [0.5, 0.6) is 0 Å². The molecule has 0 aromatic heterocycles. The Morgan fingerprint density at radius 1 is 1.50 bits per heavy atom. The summed E-state index contributed by atoms with van der Waals surface area (Å²) >= 11 is 3.45. The molecule has 0 radical (unpaired) electrons. The smallest absolute Gasteiger partial charge is 0.227 e. The molecule has 1 amide bonds. The lowest BCUT2D eigenvalue weighted by atomic mass is 10.0. The summed E-state index contributed by atoms with van der Waals surface area (Å²) in [6, 6.07) is 8.14. The Morgan fingerprint density at radius 3 is 2.90 bits per heavy atom. The van der Waals surface area contributed by atoms with Crippen LogP contribution in [0.4, 0.5) is 0 Å². The van der Waals surface area contributed by atoms with E-state index in [1.807, 2.05) is 43.9 Å². The molecule has 110 valence electrons. The number of aryl methyl sites for hydroxylation is 1. The Labute approximate surface area is 129 Å². The molecule has 1 aliphatic heterocycles. The van der Waals surface area contributed by atoms with Gasteiger partial charge in [-0.05, 0) is 26.3 Å². The number of rotatable bonds is 3. The van der Waals surface area contributed by atoms with Crippen molar-refractivity contribution in [1.82, 2.24) is 4.90 Å². The summed E-state index contributed by atoms with van der Waals surface area (Å²) in [5.41, 5.74) is 1.99. The number of nitrogens with zero attached hydrogens (tertiary/aromatic N) is 1. The number of ether oxygens (including phenoxy) is 1. The molecule has 1 atom stereocenters. The van der Waals surface area contributed by atoms with Gasteiger partial charge in [0, 0.05) is 18.4 Å². The highest BCUT2D eigenvalue weighted by Crippen LogP contribution is 2.22. The first-order valence-electron chi connectivity index (χ1n) is 6.97. The topological polar surface area (TPSA) is 29.5 Å². The minimum absolute atomic E-state index is 0.0696. The van der Waals surface area contributed by atoms with Crippen molar-refractivity contribution in [2.75, 3.05) is 18.4 Å². The van der Waals surface area contributed by atoms with E-state index < -0.39 is 0 Å². The van der Waals surface area contributed by atoms with Gasteiger partial charge in [-0.1, -0.05) is 45.8 Å². The highest BCUT2D eigenvalue weighted by molar-refractivity contribution is 9.09. The third kappa shape index (κ3) is 4.06. The lowest BCUT2D eigenvalue weighted by Crippen LogP contribution is -2.55. The van der Waals surface area contributed by atoms with Gasteiger partial charge < -0.3 is 9.64 Å². The van der Waals surface area contributed by atoms with E-state index in [1.54, 1.807) is 0 Å². The molecule has 1 saturated heterocycles. The number of hydrogen-bond acceptors (Lipinski definition) is 2. The van der Waals surface area contributed by atoms with Crippen molar-refractivity contribution in [1.29, 1.82) is 0 Å². The monoisotopic (exact) mass is 339 g/mol. The number of carbonyl (C=O) groups excluding carboxylic acids is 1. The molecule has 1 unspecified atom stereocenters. The molecule has 2 rings (SSSR count). The van der Waals surface area contributed by atoms with Gasteiger partial charge in [0.1, 0.15) is 0 Å². The van der Waals surface area contributed by atoms with Gasteiger partial charge in [-0.25, -0.2) is 0 Å². The van der Waals surface area contributed by atoms with Gasteiger partial charge in [0.25, 0.3) is 0 Å². The van der Waals surface area contributed by atoms with Crippen molar-refractivity contribution in [3.05, 3.63) is 35.4 Å². The normalized spacial score (nSPS) is 21.8. The van der Waals surface area contributed by atoms with Gasteiger partial charge in [-0.2, -0.15) is 0 Å². The van der Waals surface area contributed by atoms with E-state index in [2.05, 4.69) is 22.0 Å². The van der Waals surface area contributed by atoms with E-state index in [9.17, 15) is 4.79 Å². The molecule has 1 fully saturated rings. The van der Waals surface area contributed by atoms with Crippen molar-refractivity contribution in [3.8, 4) is 0 Å². The molecule has 3 nitrogen and oxygen atoms in total. The zero-order valence-electron chi connectivity index (χ0n) is 12.4. The van der Waals surface area contributed by atoms with Crippen molar-refractivity contribution in [3.63, 3.8) is 0 Å². The van der Waals surface area contributed by atoms with Crippen LogP contribution in [-0.2, 0) is 16.0 Å². The lowest BCUT2D eigenvalue weighted by molar-refractivity contribution is -0.156. The Balaban J connectivity index is 2.04. The van der Waals surface area contributed by atoms with Gasteiger partial charge in [0.2, 0.25) is 5.91 Å². The standard InChI is InChI=1S/C16H22BrNO2/c1-12-5-4-6-13(7-12)8-15(19)18-10-14(9-17)20-16(2,3)11-18/h4-7,14H,8-11H2,1-3H3. The Bertz CT molecular complexity index is 487. The first kappa shape index (κ1) is 15.5. The number of carbonyl (C=O) groups is 1. The van der Waals surface area contributed by atoms with Gasteiger partial charge in [0.15, 0.2) is 0 Å². The second-order valence-electron chi connectivity index (χ2n) is 6.09. The van der Waals surface area contributed by atoms with Gasteiger partial charge >= 0.3 is 0 Å². The van der Waals surface area contributed by atoms with Crippen LogP contribution in [0.15, 0.2) is 24.3 Å². The quantitative estimate of drug-likeness (QED) is 0.792. The van der Waals surface area contributed by atoms with E-state index >= 15 is 0 Å². The molecule has 4 heteroatoms. The summed E-state index contributed by atoms with van der Waals surface area (Å²) in [5, 5.41) is 0.755. The molecule has 1 heterocycles. The van der Waals surface area contributed by atoms with Crippen LogP contribution in [0.1, 0.15) is 25.0 Å². The van der Waals surface area contributed by atoms with Crippen molar-refractivity contribution < 1.29 is 9.53 Å². The predicted molar refractivity (Wildman–Crippen MR) is 84.2 cm³/mol. The van der Waals surface area contributed by atoms with E-state index in [0.717, 1.165) is 10.9 Å². The maximum Gasteiger partial charge on any atom is 0.227 e. The number of halogens is 1. The fourth-order valence-electron chi connectivity index (χ4n) is 2.67. The summed E-state index contributed by atoms with van der Waals surface area (Å²) < 4.78 is 5.93. The highest BCUT2D eigenvalue weighted by Gasteiger charge is 2.34. The average molecular weight is 340 g/mol. The van der Waals surface area contributed by atoms with Gasteiger partial charge in [-0.15, -0.1) is 0 Å². The van der Waals surface area contributed by atoms with Gasteiger partial charge in [-0.3, -0.25) is 4.79 Å². The number of amides is 1. The minimum atomic E-state index is -0.279. The second kappa shape index (κ2) is 6.27. The van der Waals surface area contributed by atoms with E-state index in [0.29, 0.717) is 19.5 Å². The van der Waals surface area contributed by atoms with Gasteiger partial charge in [0.05, 0.1) is 18.1 Å². The fraction of sp³-hybridized carbons (Fsp3) is 0.562. The third-order valence-electron chi connectivity index (χ3n) is 3.44. The number of morpholine rings is 1. The molecule has 0 bridgehead atoms. The second-order valence-corrected chi connectivity index (χ2v) is 6.74. The summed E-state index contributed by atoms with van der Waals surface area (Å²) in [6.45, 7) is 7.44.